The number of nitrogens with two attached hydrogens (primary N) is 1. The highest BCUT2D eigenvalue weighted by Crippen LogP contribution is 2.24. The molecular weight excluding hydrogens is 320 g/mol. The van der Waals surface area contributed by atoms with Gasteiger partial charge in [0.1, 0.15) is 17.2 Å². The summed E-state index contributed by atoms with van der Waals surface area (Å²) in [5, 5.41) is 2.81. The van der Waals surface area contributed by atoms with E-state index in [2.05, 4.69) is 5.32 Å². The zero-order chi connectivity index (χ0) is 18.1. The van der Waals surface area contributed by atoms with Gasteiger partial charge in [0.25, 0.3) is 0 Å². The van der Waals surface area contributed by atoms with Crippen LogP contribution in [0.25, 0.3) is 0 Å². The van der Waals surface area contributed by atoms with Crippen LogP contribution in [0.5, 0.6) is 17.2 Å². The lowest BCUT2D eigenvalue weighted by molar-refractivity contribution is -0.116. The molecule has 6 heteroatoms. The van der Waals surface area contributed by atoms with Crippen LogP contribution >= 0.6 is 0 Å². The second kappa shape index (κ2) is 9.42. The number of hydrogen-bond acceptors (Lipinski definition) is 5. The van der Waals surface area contributed by atoms with Gasteiger partial charge in [-0.25, -0.2) is 0 Å². The van der Waals surface area contributed by atoms with E-state index in [0.717, 1.165) is 11.5 Å². The Morgan fingerprint density at radius 3 is 2.36 bits per heavy atom. The molecule has 0 aromatic heterocycles. The van der Waals surface area contributed by atoms with Gasteiger partial charge < -0.3 is 25.3 Å². The fourth-order valence-corrected chi connectivity index (χ4v) is 2.26. The summed E-state index contributed by atoms with van der Waals surface area (Å²) in [6.07, 6.45) is 0.980. The highest BCUT2D eigenvalue weighted by molar-refractivity contribution is 5.91. The number of nitrogen functional groups attached to an aromatic ring is 1. The van der Waals surface area contributed by atoms with Crippen LogP contribution in [0.4, 0.5) is 11.4 Å². The van der Waals surface area contributed by atoms with Gasteiger partial charge in [0.2, 0.25) is 5.91 Å². The van der Waals surface area contributed by atoms with Gasteiger partial charge in [-0.2, -0.15) is 0 Å². The first-order valence-electron chi connectivity index (χ1n) is 8.21. The maximum absolute atomic E-state index is 12.0. The quantitative estimate of drug-likeness (QED) is 0.537. The third-order valence-corrected chi connectivity index (χ3v) is 3.47. The Bertz CT molecular complexity index is 686. The van der Waals surface area contributed by atoms with E-state index >= 15 is 0 Å². The molecule has 0 saturated heterocycles. The summed E-state index contributed by atoms with van der Waals surface area (Å²) in [5.74, 6) is 2.07. The standard InChI is InChI=1S/C19H24N2O4/c1-3-24-15-7-9-16(10-8-15)25-12-4-5-19(22)21-14-6-11-18(23-2)17(20)13-14/h6-11,13H,3-5,12,20H2,1-2H3,(H,21,22). The van der Waals surface area contributed by atoms with Crippen molar-refractivity contribution in [3.05, 3.63) is 42.5 Å². The molecule has 0 radical (unpaired) electrons. The molecule has 0 fully saturated rings. The lowest BCUT2D eigenvalue weighted by atomic mass is 10.2. The second-order valence-electron chi connectivity index (χ2n) is 5.36. The zero-order valence-electron chi connectivity index (χ0n) is 14.6. The lowest BCUT2D eigenvalue weighted by Crippen LogP contribution is -2.13. The molecule has 0 heterocycles. The third kappa shape index (κ3) is 5.91. The van der Waals surface area contributed by atoms with Crippen molar-refractivity contribution in [2.45, 2.75) is 19.8 Å². The molecule has 0 atom stereocenters. The second-order valence-corrected chi connectivity index (χ2v) is 5.36. The molecule has 2 aromatic carbocycles. The van der Waals surface area contributed by atoms with Crippen molar-refractivity contribution in [2.75, 3.05) is 31.4 Å². The molecule has 0 aliphatic carbocycles. The van der Waals surface area contributed by atoms with Crippen LogP contribution in [-0.2, 0) is 4.79 Å². The van der Waals surface area contributed by atoms with Crippen LogP contribution in [0.2, 0.25) is 0 Å². The number of amides is 1. The molecule has 134 valence electrons. The van der Waals surface area contributed by atoms with Crippen molar-refractivity contribution >= 4 is 17.3 Å². The largest absolute Gasteiger partial charge is 0.495 e. The Labute approximate surface area is 147 Å². The molecule has 0 saturated carbocycles. The Balaban J connectivity index is 1.70. The highest BCUT2D eigenvalue weighted by Gasteiger charge is 2.05. The van der Waals surface area contributed by atoms with E-state index in [-0.39, 0.29) is 5.91 Å². The van der Waals surface area contributed by atoms with Crippen molar-refractivity contribution in [1.82, 2.24) is 0 Å². The predicted molar refractivity (Wildman–Crippen MR) is 98.4 cm³/mol. The molecule has 0 bridgehead atoms. The van der Waals surface area contributed by atoms with Crippen molar-refractivity contribution in [2.24, 2.45) is 0 Å². The third-order valence-electron chi connectivity index (χ3n) is 3.47. The van der Waals surface area contributed by atoms with Gasteiger partial charge in [-0.05, 0) is 55.8 Å². The fourth-order valence-electron chi connectivity index (χ4n) is 2.26. The summed E-state index contributed by atoms with van der Waals surface area (Å²) < 4.78 is 16.1. The van der Waals surface area contributed by atoms with Crippen LogP contribution in [0, 0.1) is 0 Å². The normalized spacial score (nSPS) is 10.2. The van der Waals surface area contributed by atoms with Crippen LogP contribution in [0.3, 0.4) is 0 Å². The van der Waals surface area contributed by atoms with E-state index in [0.29, 0.717) is 43.2 Å². The molecule has 0 aliphatic rings. The Morgan fingerprint density at radius 1 is 1.08 bits per heavy atom. The van der Waals surface area contributed by atoms with Gasteiger partial charge in [0.05, 0.1) is 26.0 Å². The number of ether oxygens (including phenoxy) is 3. The first-order valence-corrected chi connectivity index (χ1v) is 8.21. The first-order chi connectivity index (χ1) is 12.1. The number of hydrogen-bond donors (Lipinski definition) is 2. The Morgan fingerprint density at radius 2 is 1.76 bits per heavy atom. The highest BCUT2D eigenvalue weighted by atomic mass is 16.5. The molecule has 6 nitrogen and oxygen atoms in total. The number of nitrogens with one attached hydrogen (secondary N) is 1. The van der Waals surface area contributed by atoms with E-state index in [1.54, 1.807) is 25.3 Å². The molecule has 0 spiro atoms. The summed E-state index contributed by atoms with van der Waals surface area (Å²) >= 11 is 0. The minimum atomic E-state index is -0.0835. The van der Waals surface area contributed by atoms with Crippen LogP contribution in [0.15, 0.2) is 42.5 Å². The van der Waals surface area contributed by atoms with Crippen LogP contribution in [-0.4, -0.2) is 26.2 Å². The van der Waals surface area contributed by atoms with Crippen molar-refractivity contribution < 1.29 is 19.0 Å². The summed E-state index contributed by atoms with van der Waals surface area (Å²) in [4.78, 5) is 12.0. The molecule has 0 aliphatic heterocycles. The average Bonchev–Trinajstić information content (AvgIpc) is 2.60. The van der Waals surface area contributed by atoms with Gasteiger partial charge in [0.15, 0.2) is 0 Å². The Kier molecular flexibility index (Phi) is 6.95. The number of carbonyl (C=O) groups excluding carboxylic acids is 1. The fraction of sp³-hybridized carbons (Fsp3) is 0.316. The van der Waals surface area contributed by atoms with Gasteiger partial charge >= 0.3 is 0 Å². The average molecular weight is 344 g/mol. The SMILES string of the molecule is CCOc1ccc(OCCCC(=O)Nc2ccc(OC)c(N)c2)cc1. The summed E-state index contributed by atoms with van der Waals surface area (Å²) in [5.41, 5.74) is 6.95. The topological polar surface area (TPSA) is 82.8 Å². The maximum atomic E-state index is 12.0. The minimum absolute atomic E-state index is 0.0835. The number of methoxy groups -OCH3 is 1. The van der Waals surface area contributed by atoms with E-state index in [4.69, 9.17) is 19.9 Å². The Hall–Kier alpha value is -2.89. The monoisotopic (exact) mass is 344 g/mol. The molecule has 25 heavy (non-hydrogen) atoms. The van der Waals surface area contributed by atoms with Gasteiger partial charge in [-0.15, -0.1) is 0 Å². The molecule has 3 N–H and O–H groups in total. The first kappa shape index (κ1) is 18.4. The van der Waals surface area contributed by atoms with E-state index in [9.17, 15) is 4.79 Å². The number of rotatable bonds is 9. The molecule has 2 aromatic rings. The van der Waals surface area contributed by atoms with E-state index in [1.165, 1.54) is 0 Å². The molecule has 0 unspecified atom stereocenters. The molecule has 2 rings (SSSR count). The number of carbonyl (C=O) groups is 1. The van der Waals surface area contributed by atoms with Crippen molar-refractivity contribution in [1.29, 1.82) is 0 Å². The van der Waals surface area contributed by atoms with Crippen LogP contribution in [0.1, 0.15) is 19.8 Å². The molecule has 1 amide bonds. The minimum Gasteiger partial charge on any atom is -0.495 e. The smallest absolute Gasteiger partial charge is 0.224 e. The summed E-state index contributed by atoms with van der Waals surface area (Å²) in [7, 11) is 1.55. The lowest BCUT2D eigenvalue weighted by Gasteiger charge is -2.10. The van der Waals surface area contributed by atoms with Crippen molar-refractivity contribution in [3.63, 3.8) is 0 Å². The number of anilines is 2. The van der Waals surface area contributed by atoms with Gasteiger partial charge in [-0.1, -0.05) is 0 Å². The van der Waals surface area contributed by atoms with Gasteiger partial charge in [-0.3, -0.25) is 4.79 Å². The summed E-state index contributed by atoms with van der Waals surface area (Å²) in [6, 6.07) is 12.6. The van der Waals surface area contributed by atoms with E-state index in [1.807, 2.05) is 31.2 Å². The van der Waals surface area contributed by atoms with Crippen molar-refractivity contribution in [3.8, 4) is 17.2 Å². The zero-order valence-corrected chi connectivity index (χ0v) is 14.6. The predicted octanol–water partition coefficient (Wildman–Crippen LogP) is 3.47. The maximum Gasteiger partial charge on any atom is 0.224 e. The van der Waals surface area contributed by atoms with Crippen LogP contribution < -0.4 is 25.3 Å². The summed E-state index contributed by atoms with van der Waals surface area (Å²) in [6.45, 7) is 3.04. The van der Waals surface area contributed by atoms with Gasteiger partial charge in [0, 0.05) is 12.1 Å². The van der Waals surface area contributed by atoms with E-state index < -0.39 is 0 Å². The molecular formula is C19H24N2O4. The number of benzene rings is 2.